The Balaban J connectivity index is 2.10. The van der Waals surface area contributed by atoms with Crippen LogP contribution in [0, 0.1) is 5.92 Å². The number of benzene rings is 1. The van der Waals surface area contributed by atoms with E-state index in [0.29, 0.717) is 23.1 Å². The predicted molar refractivity (Wildman–Crippen MR) is 81.2 cm³/mol. The first kappa shape index (κ1) is 15.1. The normalized spacial score (nSPS) is 24.6. The molecule has 19 heavy (non-hydrogen) atoms. The second kappa shape index (κ2) is 6.94. The maximum absolute atomic E-state index is 6.26. The van der Waals surface area contributed by atoms with Gasteiger partial charge in [-0.05, 0) is 44.0 Å². The molecule has 0 aromatic heterocycles. The fraction of sp³-hybridized carbons (Fsp3) is 0.600. The zero-order chi connectivity index (χ0) is 13.8. The second-order valence-corrected chi connectivity index (χ2v) is 5.95. The van der Waals surface area contributed by atoms with Crippen LogP contribution in [0.5, 0.6) is 0 Å². The van der Waals surface area contributed by atoms with E-state index in [1.807, 2.05) is 25.2 Å². The summed E-state index contributed by atoms with van der Waals surface area (Å²) in [4.78, 5) is 0. The molecule has 2 rings (SSSR count). The Kier molecular flexibility index (Phi) is 5.52. The highest BCUT2D eigenvalue weighted by Crippen LogP contribution is 2.30. The quantitative estimate of drug-likeness (QED) is 0.889. The van der Waals surface area contributed by atoms with Crippen LogP contribution in [0.15, 0.2) is 18.2 Å². The van der Waals surface area contributed by atoms with E-state index >= 15 is 0 Å². The van der Waals surface area contributed by atoms with Gasteiger partial charge >= 0.3 is 0 Å². The van der Waals surface area contributed by atoms with Crippen molar-refractivity contribution < 1.29 is 4.74 Å². The fourth-order valence-electron chi connectivity index (χ4n) is 2.94. The maximum atomic E-state index is 6.26. The van der Waals surface area contributed by atoms with Crippen molar-refractivity contribution in [1.29, 1.82) is 0 Å². The van der Waals surface area contributed by atoms with Crippen molar-refractivity contribution in [3.8, 4) is 0 Å². The molecule has 1 aromatic rings. The number of nitrogens with one attached hydrogen (secondary N) is 1. The summed E-state index contributed by atoms with van der Waals surface area (Å²) >= 11 is 12.2. The van der Waals surface area contributed by atoms with Crippen LogP contribution in [0.3, 0.4) is 0 Å². The van der Waals surface area contributed by atoms with Crippen molar-refractivity contribution in [1.82, 2.24) is 5.32 Å². The maximum Gasteiger partial charge on any atom is 0.0616 e. The number of halogens is 2. The van der Waals surface area contributed by atoms with Gasteiger partial charge in [-0.25, -0.2) is 0 Å². The molecule has 1 aromatic carbocycles. The van der Waals surface area contributed by atoms with Crippen molar-refractivity contribution >= 4 is 23.2 Å². The lowest BCUT2D eigenvalue weighted by molar-refractivity contribution is 0.0783. The first-order chi connectivity index (χ1) is 9.15. The van der Waals surface area contributed by atoms with E-state index in [-0.39, 0.29) is 0 Å². The van der Waals surface area contributed by atoms with Crippen LogP contribution in [0.1, 0.15) is 25.3 Å². The molecule has 1 fully saturated rings. The molecule has 4 heteroatoms. The summed E-state index contributed by atoms with van der Waals surface area (Å²) in [5.41, 5.74) is 1.15. The third kappa shape index (κ3) is 3.63. The van der Waals surface area contributed by atoms with E-state index in [1.54, 1.807) is 0 Å². The van der Waals surface area contributed by atoms with Gasteiger partial charge in [0.15, 0.2) is 0 Å². The molecule has 106 valence electrons. The molecule has 2 nitrogen and oxygen atoms in total. The second-order valence-electron chi connectivity index (χ2n) is 5.11. The summed E-state index contributed by atoms with van der Waals surface area (Å²) in [6, 6.07) is 6.13. The van der Waals surface area contributed by atoms with E-state index in [1.165, 1.54) is 0 Å². The standard InChI is InChI=1S/C15H21Cl2NO/c1-3-15-12(6-7-19-15)14(18-2)8-10-4-5-11(16)9-13(10)17/h4-5,9,12,14-15,18H,3,6-8H2,1-2H3. The van der Waals surface area contributed by atoms with Crippen molar-refractivity contribution in [2.75, 3.05) is 13.7 Å². The number of likely N-dealkylation sites (N-methyl/N-ethyl adjacent to an activating group) is 1. The number of ether oxygens (including phenoxy) is 1. The predicted octanol–water partition coefficient (Wildman–Crippen LogP) is 3.94. The molecule has 3 atom stereocenters. The fourth-order valence-corrected chi connectivity index (χ4v) is 3.42. The van der Waals surface area contributed by atoms with Gasteiger partial charge in [-0.2, -0.15) is 0 Å². The molecule has 1 heterocycles. The molecule has 0 radical (unpaired) electrons. The van der Waals surface area contributed by atoms with Crippen LogP contribution < -0.4 is 5.32 Å². The molecule has 0 bridgehead atoms. The van der Waals surface area contributed by atoms with Crippen LogP contribution in [0.2, 0.25) is 10.0 Å². The third-order valence-electron chi connectivity index (χ3n) is 4.01. The van der Waals surface area contributed by atoms with Crippen molar-refractivity contribution in [2.24, 2.45) is 5.92 Å². The molecule has 0 aliphatic carbocycles. The van der Waals surface area contributed by atoms with E-state index in [2.05, 4.69) is 12.2 Å². The lowest BCUT2D eigenvalue weighted by atomic mass is 9.87. The Labute approximate surface area is 125 Å². The van der Waals surface area contributed by atoms with Gasteiger partial charge in [0.1, 0.15) is 0 Å². The highest BCUT2D eigenvalue weighted by Gasteiger charge is 2.33. The monoisotopic (exact) mass is 301 g/mol. The SMILES string of the molecule is CCC1OCCC1C(Cc1ccc(Cl)cc1Cl)NC. The van der Waals surface area contributed by atoms with Gasteiger partial charge in [-0.3, -0.25) is 0 Å². The molecule has 1 aliphatic rings. The van der Waals surface area contributed by atoms with E-state index < -0.39 is 0 Å². The first-order valence-corrected chi connectivity index (χ1v) is 7.64. The summed E-state index contributed by atoms with van der Waals surface area (Å²) < 4.78 is 5.79. The lowest BCUT2D eigenvalue weighted by Gasteiger charge is -2.27. The summed E-state index contributed by atoms with van der Waals surface area (Å²) in [7, 11) is 2.01. The number of rotatable bonds is 5. The smallest absolute Gasteiger partial charge is 0.0616 e. The Morgan fingerprint density at radius 3 is 2.84 bits per heavy atom. The molecule has 1 aliphatic heterocycles. The third-order valence-corrected chi connectivity index (χ3v) is 4.59. The Morgan fingerprint density at radius 1 is 1.42 bits per heavy atom. The van der Waals surface area contributed by atoms with Crippen molar-refractivity contribution in [2.45, 2.75) is 38.3 Å². The minimum atomic E-state index is 0.364. The van der Waals surface area contributed by atoms with Gasteiger partial charge in [-0.15, -0.1) is 0 Å². The molecule has 1 N–H and O–H groups in total. The van der Waals surface area contributed by atoms with E-state index in [0.717, 1.165) is 36.5 Å². The van der Waals surface area contributed by atoms with E-state index in [4.69, 9.17) is 27.9 Å². The van der Waals surface area contributed by atoms with Gasteiger partial charge in [-0.1, -0.05) is 36.2 Å². The van der Waals surface area contributed by atoms with Gasteiger partial charge in [0.25, 0.3) is 0 Å². The average Bonchev–Trinajstić information content (AvgIpc) is 2.86. The highest BCUT2D eigenvalue weighted by molar-refractivity contribution is 6.35. The van der Waals surface area contributed by atoms with Gasteiger partial charge in [0.2, 0.25) is 0 Å². The van der Waals surface area contributed by atoms with Crippen LogP contribution >= 0.6 is 23.2 Å². The van der Waals surface area contributed by atoms with Crippen LogP contribution in [-0.2, 0) is 11.2 Å². The zero-order valence-corrected chi connectivity index (χ0v) is 13.0. The lowest BCUT2D eigenvalue weighted by Crippen LogP contribution is -2.39. The minimum absolute atomic E-state index is 0.364. The molecule has 0 saturated carbocycles. The molecule has 3 unspecified atom stereocenters. The van der Waals surface area contributed by atoms with Gasteiger partial charge < -0.3 is 10.1 Å². The van der Waals surface area contributed by atoms with Crippen LogP contribution in [0.4, 0.5) is 0 Å². The Bertz CT molecular complexity index is 425. The summed E-state index contributed by atoms with van der Waals surface area (Å²) in [6.45, 7) is 3.06. The van der Waals surface area contributed by atoms with Crippen LogP contribution in [0.25, 0.3) is 0 Å². The number of hydrogen-bond acceptors (Lipinski definition) is 2. The molecule has 1 saturated heterocycles. The summed E-state index contributed by atoms with van der Waals surface area (Å²) in [5.74, 6) is 0.557. The minimum Gasteiger partial charge on any atom is -0.378 e. The van der Waals surface area contributed by atoms with Crippen molar-refractivity contribution in [3.63, 3.8) is 0 Å². The largest absolute Gasteiger partial charge is 0.378 e. The first-order valence-electron chi connectivity index (χ1n) is 6.88. The summed E-state index contributed by atoms with van der Waals surface area (Å²) in [5, 5.41) is 4.86. The topological polar surface area (TPSA) is 21.3 Å². The van der Waals surface area contributed by atoms with Gasteiger partial charge in [0, 0.05) is 28.6 Å². The van der Waals surface area contributed by atoms with E-state index in [9.17, 15) is 0 Å². The highest BCUT2D eigenvalue weighted by atomic mass is 35.5. The Morgan fingerprint density at radius 2 is 2.21 bits per heavy atom. The molecule has 0 spiro atoms. The summed E-state index contributed by atoms with van der Waals surface area (Å²) in [6.07, 6.45) is 3.47. The molecular weight excluding hydrogens is 281 g/mol. The number of hydrogen-bond donors (Lipinski definition) is 1. The average molecular weight is 302 g/mol. The molecule has 0 amide bonds. The van der Waals surface area contributed by atoms with Gasteiger partial charge in [0.05, 0.1) is 6.10 Å². The zero-order valence-electron chi connectivity index (χ0n) is 11.5. The molecular formula is C15H21Cl2NO. The van der Waals surface area contributed by atoms with Crippen molar-refractivity contribution in [3.05, 3.63) is 33.8 Å². The Hall–Kier alpha value is -0.280. The van der Waals surface area contributed by atoms with Crippen LogP contribution in [-0.4, -0.2) is 25.8 Å².